The van der Waals surface area contributed by atoms with Crippen LogP contribution in [0.15, 0.2) is 59.6 Å². The van der Waals surface area contributed by atoms with Crippen LogP contribution in [0.4, 0.5) is 0 Å². The van der Waals surface area contributed by atoms with Crippen molar-refractivity contribution in [2.24, 2.45) is 10.7 Å². The summed E-state index contributed by atoms with van der Waals surface area (Å²) >= 11 is 5.82. The second-order valence-corrected chi connectivity index (χ2v) is 4.45. The second kappa shape index (κ2) is 6.22. The van der Waals surface area contributed by atoms with Crippen molar-refractivity contribution in [3.05, 3.63) is 70.7 Å². The number of amidine groups is 1. The zero-order chi connectivity index (χ0) is 12.8. The summed E-state index contributed by atoms with van der Waals surface area (Å²) in [7, 11) is 0. The maximum absolute atomic E-state index is 5.92. The summed E-state index contributed by atoms with van der Waals surface area (Å²) in [6.07, 6.45) is 0.898. The number of nitrogens with zero attached hydrogens (tertiary/aromatic N) is 1. The highest BCUT2D eigenvalue weighted by Gasteiger charge is 1.97. The van der Waals surface area contributed by atoms with E-state index in [4.69, 9.17) is 17.3 Å². The lowest BCUT2D eigenvalue weighted by Gasteiger charge is -2.02. The van der Waals surface area contributed by atoms with Crippen molar-refractivity contribution in [1.82, 2.24) is 0 Å². The molecule has 0 aliphatic heterocycles. The van der Waals surface area contributed by atoms with Crippen LogP contribution in [-0.2, 0) is 6.42 Å². The molecule has 0 aliphatic rings. The van der Waals surface area contributed by atoms with Gasteiger partial charge in [-0.1, -0.05) is 41.9 Å². The minimum Gasteiger partial charge on any atom is -0.384 e. The van der Waals surface area contributed by atoms with Crippen LogP contribution in [0.25, 0.3) is 0 Å². The number of rotatable bonds is 4. The Morgan fingerprint density at radius 2 is 1.67 bits per heavy atom. The van der Waals surface area contributed by atoms with Crippen LogP contribution in [0.3, 0.4) is 0 Å². The SMILES string of the molecule is NC(=NCCc1ccccc1)c1ccc(Cl)cc1. The minimum atomic E-state index is 0.558. The second-order valence-electron chi connectivity index (χ2n) is 4.01. The number of nitrogens with two attached hydrogens (primary N) is 1. The monoisotopic (exact) mass is 258 g/mol. The fraction of sp³-hybridized carbons (Fsp3) is 0.133. The lowest BCUT2D eigenvalue weighted by molar-refractivity contribution is 0.966. The van der Waals surface area contributed by atoms with E-state index in [-0.39, 0.29) is 0 Å². The van der Waals surface area contributed by atoms with Gasteiger partial charge in [0.15, 0.2) is 0 Å². The van der Waals surface area contributed by atoms with Gasteiger partial charge in [0.25, 0.3) is 0 Å². The average Bonchev–Trinajstić information content (AvgIpc) is 2.40. The van der Waals surface area contributed by atoms with Gasteiger partial charge in [-0.25, -0.2) is 0 Å². The zero-order valence-corrected chi connectivity index (χ0v) is 10.8. The highest BCUT2D eigenvalue weighted by atomic mass is 35.5. The van der Waals surface area contributed by atoms with Gasteiger partial charge in [0.05, 0.1) is 0 Å². The summed E-state index contributed by atoms with van der Waals surface area (Å²) in [4.78, 5) is 4.37. The molecule has 0 unspecified atom stereocenters. The van der Waals surface area contributed by atoms with Crippen molar-refractivity contribution in [1.29, 1.82) is 0 Å². The highest BCUT2D eigenvalue weighted by Crippen LogP contribution is 2.09. The van der Waals surface area contributed by atoms with Crippen molar-refractivity contribution in [2.45, 2.75) is 6.42 Å². The quantitative estimate of drug-likeness (QED) is 0.663. The number of aliphatic imine (C=N–C) groups is 1. The zero-order valence-electron chi connectivity index (χ0n) is 10.0. The molecular formula is C15H15ClN2. The van der Waals surface area contributed by atoms with Crippen LogP contribution in [0.1, 0.15) is 11.1 Å². The molecule has 0 saturated heterocycles. The van der Waals surface area contributed by atoms with Crippen LogP contribution < -0.4 is 5.73 Å². The molecule has 0 aliphatic carbocycles. The maximum atomic E-state index is 5.92. The molecule has 0 fully saturated rings. The standard InChI is InChI=1S/C15H15ClN2/c16-14-8-6-13(7-9-14)15(17)18-11-10-12-4-2-1-3-5-12/h1-9H,10-11H2,(H2,17,18). The van der Waals surface area contributed by atoms with Crippen molar-refractivity contribution in [2.75, 3.05) is 6.54 Å². The van der Waals surface area contributed by atoms with Gasteiger partial charge in [-0.05, 0) is 36.2 Å². The number of halogens is 1. The Morgan fingerprint density at radius 1 is 1.00 bits per heavy atom. The van der Waals surface area contributed by atoms with Crippen LogP contribution in [-0.4, -0.2) is 12.4 Å². The topological polar surface area (TPSA) is 38.4 Å². The first-order chi connectivity index (χ1) is 8.75. The Balaban J connectivity index is 1.95. The number of benzene rings is 2. The lowest BCUT2D eigenvalue weighted by atomic mass is 10.1. The Bertz CT molecular complexity index is 518. The van der Waals surface area contributed by atoms with Crippen LogP contribution in [0, 0.1) is 0 Å². The van der Waals surface area contributed by atoms with Crippen LogP contribution >= 0.6 is 11.6 Å². The fourth-order valence-corrected chi connectivity index (χ4v) is 1.79. The van der Waals surface area contributed by atoms with E-state index in [1.807, 2.05) is 42.5 Å². The molecule has 2 nitrogen and oxygen atoms in total. The van der Waals surface area contributed by atoms with Gasteiger partial charge >= 0.3 is 0 Å². The summed E-state index contributed by atoms with van der Waals surface area (Å²) in [6.45, 7) is 0.693. The van der Waals surface area contributed by atoms with Gasteiger partial charge in [-0.2, -0.15) is 0 Å². The molecule has 2 aromatic rings. The largest absolute Gasteiger partial charge is 0.384 e. The molecule has 0 aromatic heterocycles. The molecule has 2 aromatic carbocycles. The van der Waals surface area contributed by atoms with Gasteiger partial charge in [0.2, 0.25) is 0 Å². The molecule has 0 heterocycles. The molecule has 92 valence electrons. The van der Waals surface area contributed by atoms with Crippen LogP contribution in [0.5, 0.6) is 0 Å². The smallest absolute Gasteiger partial charge is 0.125 e. The van der Waals surface area contributed by atoms with E-state index < -0.39 is 0 Å². The third-order valence-corrected chi connectivity index (χ3v) is 2.92. The molecule has 2 N–H and O–H groups in total. The van der Waals surface area contributed by atoms with Gasteiger partial charge in [-0.3, -0.25) is 4.99 Å². The third kappa shape index (κ3) is 3.60. The third-order valence-electron chi connectivity index (χ3n) is 2.67. The first-order valence-corrected chi connectivity index (χ1v) is 6.23. The first kappa shape index (κ1) is 12.7. The number of hydrogen-bond acceptors (Lipinski definition) is 1. The molecule has 3 heteroatoms. The van der Waals surface area contributed by atoms with Crippen molar-refractivity contribution < 1.29 is 0 Å². The predicted octanol–water partition coefficient (Wildman–Crippen LogP) is 3.29. The summed E-state index contributed by atoms with van der Waals surface area (Å²) in [6, 6.07) is 17.6. The highest BCUT2D eigenvalue weighted by molar-refractivity contribution is 6.30. The Morgan fingerprint density at radius 3 is 2.33 bits per heavy atom. The van der Waals surface area contributed by atoms with Gasteiger partial charge in [0.1, 0.15) is 5.84 Å². The van der Waals surface area contributed by atoms with E-state index in [1.54, 1.807) is 0 Å². The molecular weight excluding hydrogens is 244 g/mol. The van der Waals surface area contributed by atoms with E-state index >= 15 is 0 Å². The summed E-state index contributed by atoms with van der Waals surface area (Å²) in [5, 5.41) is 0.704. The first-order valence-electron chi connectivity index (χ1n) is 5.85. The maximum Gasteiger partial charge on any atom is 0.125 e. The average molecular weight is 259 g/mol. The van der Waals surface area contributed by atoms with Gasteiger partial charge in [0, 0.05) is 17.1 Å². The summed E-state index contributed by atoms with van der Waals surface area (Å²) < 4.78 is 0. The molecule has 0 saturated carbocycles. The van der Waals surface area contributed by atoms with Crippen molar-refractivity contribution in [3.63, 3.8) is 0 Å². The minimum absolute atomic E-state index is 0.558. The molecule has 0 radical (unpaired) electrons. The summed E-state index contributed by atoms with van der Waals surface area (Å²) in [5.41, 5.74) is 8.09. The Kier molecular flexibility index (Phi) is 4.37. The molecule has 0 amide bonds. The van der Waals surface area contributed by atoms with E-state index in [0.29, 0.717) is 17.4 Å². The van der Waals surface area contributed by atoms with Gasteiger partial charge in [-0.15, -0.1) is 0 Å². The van der Waals surface area contributed by atoms with Gasteiger partial charge < -0.3 is 5.73 Å². The molecule has 2 rings (SSSR count). The van der Waals surface area contributed by atoms with Crippen LogP contribution in [0.2, 0.25) is 5.02 Å². The van der Waals surface area contributed by atoms with E-state index in [2.05, 4.69) is 17.1 Å². The van der Waals surface area contributed by atoms with Crippen molar-refractivity contribution >= 4 is 17.4 Å². The fourth-order valence-electron chi connectivity index (χ4n) is 1.66. The van der Waals surface area contributed by atoms with E-state index in [1.165, 1.54) is 5.56 Å². The molecule has 0 atom stereocenters. The lowest BCUT2D eigenvalue weighted by Crippen LogP contribution is -2.14. The van der Waals surface area contributed by atoms with E-state index in [9.17, 15) is 0 Å². The molecule has 0 bridgehead atoms. The molecule has 18 heavy (non-hydrogen) atoms. The Hall–Kier alpha value is -1.80. The Labute approximate surface area is 112 Å². The van der Waals surface area contributed by atoms with E-state index in [0.717, 1.165) is 12.0 Å². The molecule has 0 spiro atoms. The number of hydrogen-bond donors (Lipinski definition) is 1. The predicted molar refractivity (Wildman–Crippen MR) is 77.2 cm³/mol. The normalized spacial score (nSPS) is 11.5. The van der Waals surface area contributed by atoms with Crippen molar-refractivity contribution in [3.8, 4) is 0 Å². The summed E-state index contributed by atoms with van der Waals surface area (Å²) in [5.74, 6) is 0.558.